The first kappa shape index (κ1) is 24.9. The molecule has 8 aromatic rings. The van der Waals surface area contributed by atoms with Crippen LogP contribution in [0, 0.1) is 0 Å². The molecule has 0 fully saturated rings. The fourth-order valence-corrected chi connectivity index (χ4v) is 9.78. The van der Waals surface area contributed by atoms with Crippen molar-refractivity contribution in [3.8, 4) is 22.3 Å². The molecule has 1 nitrogen and oxygen atoms in total. The van der Waals surface area contributed by atoms with Gasteiger partial charge >= 0.3 is 0 Å². The second-order valence-corrected chi connectivity index (χ2v) is 13.2. The Morgan fingerprint density at radius 2 is 0.870 bits per heavy atom. The summed E-state index contributed by atoms with van der Waals surface area (Å²) in [6.45, 7) is 0. The molecule has 7 aromatic carbocycles. The summed E-state index contributed by atoms with van der Waals surface area (Å²) in [5.41, 5.74) is 16.0. The van der Waals surface area contributed by atoms with Crippen molar-refractivity contribution in [3.05, 3.63) is 201 Å². The van der Waals surface area contributed by atoms with Gasteiger partial charge in [0.15, 0.2) is 0 Å². The topological polar surface area (TPSA) is 13.1 Å². The summed E-state index contributed by atoms with van der Waals surface area (Å²) in [6.07, 6.45) is 0. The Morgan fingerprint density at radius 3 is 1.50 bits per heavy atom. The number of fused-ring (bicyclic) bond motifs is 19. The van der Waals surface area contributed by atoms with Crippen LogP contribution in [0.5, 0.6) is 0 Å². The molecule has 3 aliphatic rings. The Morgan fingerprint density at radius 1 is 0.370 bits per heavy atom. The molecule has 2 heteroatoms. The van der Waals surface area contributed by atoms with E-state index in [1.54, 1.807) is 0 Å². The van der Waals surface area contributed by atoms with Crippen molar-refractivity contribution >= 4 is 33.5 Å². The highest BCUT2D eigenvalue weighted by Crippen LogP contribution is 2.68. The maximum absolute atomic E-state index is 7.23. The van der Waals surface area contributed by atoms with Crippen LogP contribution in [-0.2, 0) is 10.8 Å². The summed E-state index contributed by atoms with van der Waals surface area (Å²) in [6, 6.07) is 55.7. The number of rotatable bonds is 0. The fourth-order valence-electron chi connectivity index (χ4n) is 9.50. The molecule has 0 saturated carbocycles. The molecule has 11 rings (SSSR count). The highest BCUT2D eigenvalue weighted by atomic mass is 35.5. The molecule has 0 bridgehead atoms. The SMILES string of the molecule is Clc1cccc2c1-c1cc3c(cc1C21c2ccccc2C2(c4ccccc4-c4ccccc42)c2ccccc21)oc1ccccc13. The first-order valence-corrected chi connectivity index (χ1v) is 16.3. The zero-order valence-electron chi connectivity index (χ0n) is 24.7. The maximum Gasteiger partial charge on any atom is 0.135 e. The zero-order chi connectivity index (χ0) is 30.2. The van der Waals surface area contributed by atoms with Gasteiger partial charge in [-0.15, -0.1) is 0 Å². The van der Waals surface area contributed by atoms with Gasteiger partial charge in [-0.25, -0.2) is 0 Å². The van der Waals surface area contributed by atoms with Crippen LogP contribution in [-0.4, -0.2) is 0 Å². The van der Waals surface area contributed by atoms with Gasteiger partial charge in [0.05, 0.1) is 10.8 Å². The highest BCUT2D eigenvalue weighted by molar-refractivity contribution is 6.34. The second-order valence-electron chi connectivity index (χ2n) is 12.8. The van der Waals surface area contributed by atoms with Gasteiger partial charge in [-0.1, -0.05) is 139 Å². The van der Waals surface area contributed by atoms with E-state index in [-0.39, 0.29) is 0 Å². The van der Waals surface area contributed by atoms with E-state index < -0.39 is 10.8 Å². The lowest BCUT2D eigenvalue weighted by atomic mass is 9.52. The molecule has 0 amide bonds. The molecule has 0 radical (unpaired) electrons. The van der Waals surface area contributed by atoms with Crippen molar-refractivity contribution in [1.29, 1.82) is 0 Å². The van der Waals surface area contributed by atoms with E-state index in [9.17, 15) is 0 Å². The summed E-state index contributed by atoms with van der Waals surface area (Å²) in [4.78, 5) is 0. The quantitative estimate of drug-likeness (QED) is 0.168. The molecule has 46 heavy (non-hydrogen) atoms. The summed E-state index contributed by atoms with van der Waals surface area (Å²) >= 11 is 7.23. The number of para-hydroxylation sites is 1. The average molecular weight is 605 g/mol. The summed E-state index contributed by atoms with van der Waals surface area (Å²) < 4.78 is 6.57. The van der Waals surface area contributed by atoms with E-state index in [0.717, 1.165) is 32.5 Å². The smallest absolute Gasteiger partial charge is 0.135 e. The molecule has 0 aliphatic heterocycles. The second kappa shape index (κ2) is 8.46. The Hall–Kier alpha value is -5.37. The van der Waals surface area contributed by atoms with Gasteiger partial charge in [0.1, 0.15) is 11.2 Å². The van der Waals surface area contributed by atoms with Crippen LogP contribution in [0.1, 0.15) is 44.5 Å². The lowest BCUT2D eigenvalue weighted by Gasteiger charge is -2.48. The van der Waals surface area contributed by atoms with E-state index in [1.807, 2.05) is 12.1 Å². The minimum Gasteiger partial charge on any atom is -0.456 e. The van der Waals surface area contributed by atoms with Crippen molar-refractivity contribution in [1.82, 2.24) is 0 Å². The van der Waals surface area contributed by atoms with Gasteiger partial charge < -0.3 is 4.42 Å². The monoisotopic (exact) mass is 604 g/mol. The number of hydrogen-bond acceptors (Lipinski definition) is 1. The molecular formula is C44H25ClO. The van der Waals surface area contributed by atoms with E-state index >= 15 is 0 Å². The first-order chi connectivity index (χ1) is 22.7. The van der Waals surface area contributed by atoms with Crippen LogP contribution in [0.15, 0.2) is 156 Å². The highest BCUT2D eigenvalue weighted by Gasteiger charge is 2.59. The number of halogens is 1. The molecule has 0 unspecified atom stereocenters. The number of hydrogen-bond donors (Lipinski definition) is 0. The Kier molecular flexibility index (Phi) is 4.58. The third-order valence-corrected chi connectivity index (χ3v) is 11.3. The fraction of sp³-hybridized carbons (Fsp3) is 0.0455. The van der Waals surface area contributed by atoms with Crippen LogP contribution in [0.25, 0.3) is 44.2 Å². The molecule has 0 N–H and O–H groups in total. The first-order valence-electron chi connectivity index (χ1n) is 15.9. The minimum atomic E-state index is -0.590. The molecule has 1 aromatic heterocycles. The van der Waals surface area contributed by atoms with Gasteiger partial charge in [0.25, 0.3) is 0 Å². The molecule has 0 atom stereocenters. The van der Waals surface area contributed by atoms with Gasteiger partial charge in [-0.3, -0.25) is 0 Å². The summed E-state index contributed by atoms with van der Waals surface area (Å²) in [5, 5.41) is 3.01. The van der Waals surface area contributed by atoms with Crippen LogP contribution in [0.2, 0.25) is 5.02 Å². The zero-order valence-corrected chi connectivity index (χ0v) is 25.5. The average Bonchev–Trinajstić information content (AvgIpc) is 3.72. The lowest BCUT2D eigenvalue weighted by Crippen LogP contribution is -2.43. The van der Waals surface area contributed by atoms with Crippen molar-refractivity contribution in [2.45, 2.75) is 10.8 Å². The van der Waals surface area contributed by atoms with E-state index in [2.05, 4.69) is 140 Å². The van der Waals surface area contributed by atoms with E-state index in [4.69, 9.17) is 16.0 Å². The lowest BCUT2D eigenvalue weighted by molar-refractivity contribution is 0.630. The third-order valence-electron chi connectivity index (χ3n) is 11.0. The van der Waals surface area contributed by atoms with Crippen molar-refractivity contribution in [3.63, 3.8) is 0 Å². The van der Waals surface area contributed by atoms with Crippen molar-refractivity contribution < 1.29 is 4.42 Å². The Labute approximate surface area is 271 Å². The van der Waals surface area contributed by atoms with Crippen molar-refractivity contribution in [2.24, 2.45) is 0 Å². The standard InChI is InChI=1S/C44H25ClO/c45-39-22-11-21-37-42(39)30-24-29-28-14-3-10-23-40(28)46-41(29)25-38(30)44(37)35-19-8-6-17-33(35)43(34-18-7-9-20-36(34)44)31-15-4-1-12-26(31)27-13-2-5-16-32(27)43/h1-25H. The molecule has 3 aliphatic carbocycles. The van der Waals surface area contributed by atoms with Gasteiger partial charge in [0, 0.05) is 21.4 Å². The number of benzene rings is 7. The summed E-state index contributed by atoms with van der Waals surface area (Å²) in [7, 11) is 0. The normalized spacial score (nSPS) is 15.4. The van der Waals surface area contributed by atoms with E-state index in [1.165, 1.54) is 61.2 Å². The molecule has 2 spiro atoms. The summed E-state index contributed by atoms with van der Waals surface area (Å²) in [5.74, 6) is 0. The predicted octanol–water partition coefficient (Wildman–Crippen LogP) is 11.3. The Bertz CT molecular complexity index is 2530. The van der Waals surface area contributed by atoms with Crippen LogP contribution >= 0.6 is 11.6 Å². The molecule has 1 heterocycles. The van der Waals surface area contributed by atoms with Crippen LogP contribution in [0.3, 0.4) is 0 Å². The minimum absolute atomic E-state index is 0.462. The van der Waals surface area contributed by atoms with Gasteiger partial charge in [-0.05, 0) is 85.5 Å². The Balaban J connectivity index is 1.36. The molecular weight excluding hydrogens is 580 g/mol. The van der Waals surface area contributed by atoms with E-state index in [0.29, 0.717) is 0 Å². The van der Waals surface area contributed by atoms with Crippen LogP contribution in [0.4, 0.5) is 0 Å². The largest absolute Gasteiger partial charge is 0.456 e. The predicted molar refractivity (Wildman–Crippen MR) is 187 cm³/mol. The number of furan rings is 1. The third kappa shape index (κ3) is 2.65. The molecule has 0 saturated heterocycles. The van der Waals surface area contributed by atoms with Crippen molar-refractivity contribution in [2.75, 3.05) is 0 Å². The van der Waals surface area contributed by atoms with Crippen LogP contribution < -0.4 is 0 Å². The molecule has 214 valence electrons. The van der Waals surface area contributed by atoms with Gasteiger partial charge in [0.2, 0.25) is 0 Å². The van der Waals surface area contributed by atoms with Gasteiger partial charge in [-0.2, -0.15) is 0 Å². The maximum atomic E-state index is 7.23.